The summed E-state index contributed by atoms with van der Waals surface area (Å²) in [7, 11) is 0. The van der Waals surface area contributed by atoms with Crippen LogP contribution >= 0.6 is 0 Å². The molecule has 0 aromatic carbocycles. The van der Waals surface area contributed by atoms with Gasteiger partial charge in [-0.3, -0.25) is 19.4 Å². The molecule has 1 aromatic heterocycles. The fourth-order valence-electron chi connectivity index (χ4n) is 3.86. The van der Waals surface area contributed by atoms with E-state index < -0.39 is 17.8 Å². The van der Waals surface area contributed by atoms with Crippen LogP contribution in [-0.4, -0.2) is 39.4 Å². The molecule has 1 atom stereocenters. The van der Waals surface area contributed by atoms with E-state index in [0.29, 0.717) is 38.6 Å². The van der Waals surface area contributed by atoms with Gasteiger partial charge in [-0.25, -0.2) is 0 Å². The summed E-state index contributed by atoms with van der Waals surface area (Å²) in [6.07, 6.45) is 12.8. The first-order valence-corrected chi connectivity index (χ1v) is 13.0. The van der Waals surface area contributed by atoms with Crippen molar-refractivity contribution in [1.82, 2.24) is 10.3 Å². The molecule has 1 aromatic rings. The van der Waals surface area contributed by atoms with Crippen LogP contribution in [-0.2, 0) is 14.4 Å². The number of ketones is 1. The first-order valence-electron chi connectivity index (χ1n) is 13.0. The second-order valence-corrected chi connectivity index (χ2v) is 8.98. The first kappa shape index (κ1) is 29.5. The Hall–Kier alpha value is -2.51. The maximum Gasteiger partial charge on any atom is 0.311 e. The van der Waals surface area contributed by atoms with Crippen LogP contribution in [0, 0.1) is 5.92 Å². The van der Waals surface area contributed by atoms with Gasteiger partial charge < -0.3 is 20.3 Å². The number of carbonyl (C=O) groups is 3. The van der Waals surface area contributed by atoms with Gasteiger partial charge in [0.1, 0.15) is 5.78 Å². The standard InChI is InChI=1S/C26H44N2O6/c1-3-5-7-9-12-16-21(29)20(15-11-8-6-4-2)25(32)27-18-14-10-13-17-24(31)34-22-19-23(30)28-26(22)33/h19-20,28,30,33H,3-18H2,1-2H3,(H,27,32). The number of unbranched alkanes of at least 4 members (excludes halogenated alkanes) is 9. The zero-order valence-corrected chi connectivity index (χ0v) is 21.0. The van der Waals surface area contributed by atoms with Gasteiger partial charge >= 0.3 is 5.97 Å². The number of aromatic amines is 1. The van der Waals surface area contributed by atoms with Crippen LogP contribution in [0.3, 0.4) is 0 Å². The molecule has 194 valence electrons. The van der Waals surface area contributed by atoms with Crippen LogP contribution < -0.4 is 10.1 Å². The van der Waals surface area contributed by atoms with Crippen molar-refractivity contribution >= 4 is 17.7 Å². The molecular weight excluding hydrogens is 436 g/mol. The molecule has 8 nitrogen and oxygen atoms in total. The summed E-state index contributed by atoms with van der Waals surface area (Å²) in [6, 6.07) is 1.13. The first-order chi connectivity index (χ1) is 16.4. The van der Waals surface area contributed by atoms with Crippen LogP contribution in [0.15, 0.2) is 6.07 Å². The number of rotatable bonds is 20. The summed E-state index contributed by atoms with van der Waals surface area (Å²) in [5.74, 6) is -1.94. The third kappa shape index (κ3) is 12.7. The Morgan fingerprint density at radius 2 is 1.50 bits per heavy atom. The van der Waals surface area contributed by atoms with Gasteiger partial charge in [0, 0.05) is 25.5 Å². The molecule has 0 saturated carbocycles. The third-order valence-electron chi connectivity index (χ3n) is 5.91. The topological polar surface area (TPSA) is 129 Å². The van der Waals surface area contributed by atoms with E-state index in [4.69, 9.17) is 4.74 Å². The molecule has 1 amide bonds. The number of ether oxygens (including phenoxy) is 1. The van der Waals surface area contributed by atoms with E-state index >= 15 is 0 Å². The minimum Gasteiger partial charge on any atom is -0.494 e. The molecule has 0 aliphatic carbocycles. The number of nitrogens with one attached hydrogen (secondary N) is 2. The summed E-state index contributed by atoms with van der Waals surface area (Å²) in [5.41, 5.74) is 0. The number of amides is 1. The Morgan fingerprint density at radius 3 is 2.15 bits per heavy atom. The minimum absolute atomic E-state index is 0.0623. The number of hydrogen-bond acceptors (Lipinski definition) is 6. The summed E-state index contributed by atoms with van der Waals surface area (Å²) in [6.45, 7) is 4.77. The molecule has 8 heteroatoms. The number of aromatic nitrogens is 1. The average Bonchev–Trinajstić information content (AvgIpc) is 3.11. The maximum absolute atomic E-state index is 12.7. The number of aromatic hydroxyl groups is 2. The molecule has 1 heterocycles. The van der Waals surface area contributed by atoms with Gasteiger partial charge in [0.2, 0.25) is 11.8 Å². The van der Waals surface area contributed by atoms with E-state index in [-0.39, 0.29) is 29.7 Å². The van der Waals surface area contributed by atoms with Crippen molar-refractivity contribution < 1.29 is 29.3 Å². The van der Waals surface area contributed by atoms with E-state index in [0.717, 1.165) is 51.0 Å². The van der Waals surface area contributed by atoms with Crippen LogP contribution in [0.4, 0.5) is 0 Å². The van der Waals surface area contributed by atoms with Gasteiger partial charge in [-0.1, -0.05) is 71.6 Å². The second kappa shape index (κ2) is 17.9. The molecule has 0 fully saturated rings. The summed E-state index contributed by atoms with van der Waals surface area (Å²) < 4.78 is 4.99. The molecule has 0 spiro atoms. The van der Waals surface area contributed by atoms with E-state index in [1.54, 1.807) is 0 Å². The smallest absolute Gasteiger partial charge is 0.311 e. The number of carbonyl (C=O) groups excluding carboxylic acids is 3. The molecule has 0 aliphatic rings. The molecule has 0 aliphatic heterocycles. The van der Waals surface area contributed by atoms with Crippen molar-refractivity contribution in [3.63, 3.8) is 0 Å². The highest BCUT2D eigenvalue weighted by molar-refractivity contribution is 6.01. The highest BCUT2D eigenvalue weighted by atomic mass is 16.5. The fraction of sp³-hybridized carbons (Fsp3) is 0.731. The van der Waals surface area contributed by atoms with Crippen molar-refractivity contribution in [1.29, 1.82) is 0 Å². The number of hydrogen-bond donors (Lipinski definition) is 4. The predicted molar refractivity (Wildman–Crippen MR) is 132 cm³/mol. The Balaban J connectivity index is 2.31. The molecule has 0 saturated heterocycles. The molecule has 4 N–H and O–H groups in total. The number of esters is 1. The zero-order chi connectivity index (χ0) is 25.2. The van der Waals surface area contributed by atoms with Gasteiger partial charge in [0.05, 0.1) is 5.92 Å². The molecular formula is C26H44N2O6. The normalized spacial score (nSPS) is 11.8. The van der Waals surface area contributed by atoms with Crippen molar-refractivity contribution in [2.75, 3.05) is 6.54 Å². The second-order valence-electron chi connectivity index (χ2n) is 8.98. The van der Waals surface area contributed by atoms with Gasteiger partial charge in [-0.15, -0.1) is 0 Å². The largest absolute Gasteiger partial charge is 0.494 e. The number of Topliss-reactive ketones (excluding diaryl/α,β-unsaturated/α-hetero) is 1. The quantitative estimate of drug-likeness (QED) is 0.110. The maximum atomic E-state index is 12.7. The van der Waals surface area contributed by atoms with Crippen molar-refractivity contribution in [2.24, 2.45) is 5.92 Å². The van der Waals surface area contributed by atoms with E-state index in [1.165, 1.54) is 12.8 Å². The van der Waals surface area contributed by atoms with Crippen molar-refractivity contribution in [3.05, 3.63) is 6.07 Å². The number of H-pyrrole nitrogens is 1. The van der Waals surface area contributed by atoms with E-state index in [2.05, 4.69) is 24.1 Å². The fourth-order valence-corrected chi connectivity index (χ4v) is 3.86. The summed E-state index contributed by atoms with van der Waals surface area (Å²) in [5, 5.41) is 21.6. The molecule has 34 heavy (non-hydrogen) atoms. The minimum atomic E-state index is -0.552. The Kier molecular flexibility index (Phi) is 15.5. The highest BCUT2D eigenvalue weighted by Crippen LogP contribution is 2.29. The van der Waals surface area contributed by atoms with Crippen LogP contribution in [0.2, 0.25) is 0 Å². The predicted octanol–water partition coefficient (Wildman–Crippen LogP) is 5.52. The van der Waals surface area contributed by atoms with Gasteiger partial charge in [0.15, 0.2) is 11.6 Å². The Bertz CT molecular complexity index is 731. The van der Waals surface area contributed by atoms with Gasteiger partial charge in [0.25, 0.3) is 0 Å². The molecule has 0 radical (unpaired) electrons. The molecule has 0 bridgehead atoms. The monoisotopic (exact) mass is 480 g/mol. The zero-order valence-electron chi connectivity index (χ0n) is 21.0. The van der Waals surface area contributed by atoms with E-state index in [1.807, 2.05) is 0 Å². The Morgan fingerprint density at radius 1 is 0.882 bits per heavy atom. The SMILES string of the molecule is CCCCCCCC(=O)C(CCCCCC)C(=O)NCCCCCC(=O)Oc1cc(O)[nH]c1O. The lowest BCUT2D eigenvalue weighted by Gasteiger charge is -2.16. The lowest BCUT2D eigenvalue weighted by Crippen LogP contribution is -2.36. The van der Waals surface area contributed by atoms with Gasteiger partial charge in [-0.2, -0.15) is 0 Å². The third-order valence-corrected chi connectivity index (χ3v) is 5.91. The molecule has 1 rings (SSSR count). The van der Waals surface area contributed by atoms with Crippen LogP contribution in [0.25, 0.3) is 0 Å². The molecule has 1 unspecified atom stereocenters. The highest BCUT2D eigenvalue weighted by Gasteiger charge is 2.25. The Labute approximate surface area is 203 Å². The average molecular weight is 481 g/mol. The summed E-state index contributed by atoms with van der Waals surface area (Å²) in [4.78, 5) is 39.5. The van der Waals surface area contributed by atoms with Crippen LogP contribution in [0.5, 0.6) is 17.5 Å². The lowest BCUT2D eigenvalue weighted by molar-refractivity contribution is -0.136. The van der Waals surface area contributed by atoms with Crippen molar-refractivity contribution in [3.8, 4) is 17.5 Å². The van der Waals surface area contributed by atoms with Crippen LogP contribution in [0.1, 0.15) is 110 Å². The van der Waals surface area contributed by atoms with E-state index in [9.17, 15) is 24.6 Å². The lowest BCUT2D eigenvalue weighted by atomic mass is 9.92. The van der Waals surface area contributed by atoms with Crippen molar-refractivity contribution in [2.45, 2.75) is 110 Å². The summed E-state index contributed by atoms with van der Waals surface area (Å²) >= 11 is 0. The van der Waals surface area contributed by atoms with Gasteiger partial charge in [-0.05, 0) is 25.7 Å².